The van der Waals surface area contributed by atoms with Gasteiger partial charge in [-0.1, -0.05) is 5.16 Å². The molecule has 1 aromatic rings. The van der Waals surface area contributed by atoms with Crippen LogP contribution in [-0.4, -0.2) is 49.5 Å². The Morgan fingerprint density at radius 2 is 2.21 bits per heavy atom. The summed E-state index contributed by atoms with van der Waals surface area (Å²) in [5.74, 6) is 1.29. The highest BCUT2D eigenvalue weighted by atomic mass is 19.4. The highest BCUT2D eigenvalue weighted by Crippen LogP contribution is 2.50. The number of nitrogens with zero attached hydrogens (tertiary/aromatic N) is 2. The first kappa shape index (κ1) is 16.7. The van der Waals surface area contributed by atoms with Gasteiger partial charge in [0.25, 0.3) is 0 Å². The summed E-state index contributed by atoms with van der Waals surface area (Å²) in [5, 5.41) is 11.2. The van der Waals surface area contributed by atoms with Crippen LogP contribution in [-0.2, 0) is 6.42 Å². The molecule has 0 unspecified atom stereocenters. The second-order valence-corrected chi connectivity index (χ2v) is 5.71. The van der Waals surface area contributed by atoms with Gasteiger partial charge in [-0.2, -0.15) is 13.2 Å². The molecule has 6 nitrogen and oxygen atoms in total. The molecule has 9 heteroatoms. The molecule has 2 heterocycles. The zero-order valence-electron chi connectivity index (χ0n) is 13.2. The van der Waals surface area contributed by atoms with E-state index in [-0.39, 0.29) is 6.79 Å². The number of ether oxygens (including phenoxy) is 3. The normalized spacial score (nSPS) is 20.9. The third-order valence-electron chi connectivity index (χ3n) is 4.38. The van der Waals surface area contributed by atoms with Crippen molar-refractivity contribution in [3.63, 3.8) is 0 Å². The first-order chi connectivity index (χ1) is 11.4. The van der Waals surface area contributed by atoms with Crippen molar-refractivity contribution < 1.29 is 32.6 Å². The summed E-state index contributed by atoms with van der Waals surface area (Å²) in [6.45, 7) is 0.609. The maximum Gasteiger partial charge on any atom is 0.432 e. The van der Waals surface area contributed by atoms with Crippen molar-refractivity contribution >= 4 is 5.71 Å². The van der Waals surface area contributed by atoms with Crippen LogP contribution in [0.4, 0.5) is 13.2 Å². The van der Waals surface area contributed by atoms with E-state index in [1.807, 2.05) is 0 Å². The molecule has 0 aromatic heterocycles. The minimum atomic E-state index is -4.70. The van der Waals surface area contributed by atoms with Crippen molar-refractivity contribution in [1.29, 1.82) is 0 Å². The lowest BCUT2D eigenvalue weighted by Crippen LogP contribution is -2.36. The molecule has 0 aliphatic carbocycles. The van der Waals surface area contributed by atoms with Crippen molar-refractivity contribution in [2.75, 3.05) is 27.5 Å². The van der Waals surface area contributed by atoms with E-state index in [4.69, 9.17) is 19.4 Å². The van der Waals surface area contributed by atoms with Gasteiger partial charge in [-0.3, -0.25) is 4.90 Å². The van der Waals surface area contributed by atoms with Gasteiger partial charge in [0, 0.05) is 24.6 Å². The lowest BCUT2D eigenvalue weighted by Gasteiger charge is -2.36. The Kier molecular flexibility index (Phi) is 4.20. The van der Waals surface area contributed by atoms with Gasteiger partial charge >= 0.3 is 6.18 Å². The fraction of sp³-hybridized carbons (Fsp3) is 0.533. The predicted molar refractivity (Wildman–Crippen MR) is 78.1 cm³/mol. The molecule has 0 amide bonds. The van der Waals surface area contributed by atoms with E-state index in [1.165, 1.54) is 7.11 Å². The number of hydrogen-bond acceptors (Lipinski definition) is 6. The van der Waals surface area contributed by atoms with Crippen molar-refractivity contribution in [2.24, 2.45) is 5.16 Å². The SMILES string of the molecule is COc1c2c(cc3c1[C@@H](C/C(=N\O)C(F)(F)F)N(C)CC3)OCO2. The third kappa shape index (κ3) is 2.72. The number of likely N-dealkylation sites (N-methyl/N-ethyl adjacent to an activating group) is 1. The highest BCUT2D eigenvalue weighted by molar-refractivity contribution is 5.90. The Hall–Kier alpha value is -2.16. The van der Waals surface area contributed by atoms with E-state index in [0.717, 1.165) is 5.56 Å². The van der Waals surface area contributed by atoms with Gasteiger partial charge in [-0.05, 0) is 25.1 Å². The van der Waals surface area contributed by atoms with Gasteiger partial charge in [-0.15, -0.1) is 0 Å². The summed E-state index contributed by atoms with van der Waals surface area (Å²) in [6.07, 6.45) is -4.54. The second-order valence-electron chi connectivity index (χ2n) is 5.71. The smallest absolute Gasteiger partial charge is 0.432 e. The Morgan fingerprint density at radius 3 is 2.83 bits per heavy atom. The van der Waals surface area contributed by atoms with Crippen LogP contribution in [0.2, 0.25) is 0 Å². The minimum absolute atomic E-state index is 0.0427. The van der Waals surface area contributed by atoms with Crippen LogP contribution >= 0.6 is 0 Å². The molecule has 24 heavy (non-hydrogen) atoms. The zero-order valence-corrected chi connectivity index (χ0v) is 13.2. The maximum absolute atomic E-state index is 13.0. The fourth-order valence-electron chi connectivity index (χ4n) is 3.18. The molecule has 0 spiro atoms. The van der Waals surface area contributed by atoms with Gasteiger partial charge in [0.15, 0.2) is 17.2 Å². The Labute approximate surface area is 136 Å². The number of halogens is 3. The molecular formula is C15H17F3N2O4. The third-order valence-corrected chi connectivity index (χ3v) is 4.38. The molecule has 1 aromatic carbocycles. The zero-order chi connectivity index (χ0) is 17.5. The summed E-state index contributed by atoms with van der Waals surface area (Å²) in [5.41, 5.74) is 0.228. The molecule has 0 bridgehead atoms. The van der Waals surface area contributed by atoms with Gasteiger partial charge in [0.05, 0.1) is 7.11 Å². The van der Waals surface area contributed by atoms with E-state index >= 15 is 0 Å². The first-order valence-corrected chi connectivity index (χ1v) is 7.34. The van der Waals surface area contributed by atoms with Crippen LogP contribution in [0.25, 0.3) is 0 Å². The van der Waals surface area contributed by atoms with E-state index in [2.05, 4.69) is 5.16 Å². The lowest BCUT2D eigenvalue weighted by molar-refractivity contribution is -0.0638. The van der Waals surface area contributed by atoms with Crippen LogP contribution in [0.3, 0.4) is 0 Å². The first-order valence-electron chi connectivity index (χ1n) is 7.34. The highest BCUT2D eigenvalue weighted by Gasteiger charge is 2.41. The monoisotopic (exact) mass is 346 g/mol. The number of oxime groups is 1. The van der Waals surface area contributed by atoms with Crippen LogP contribution in [0.5, 0.6) is 17.2 Å². The van der Waals surface area contributed by atoms with Gasteiger partial charge in [0.1, 0.15) is 0 Å². The standard InChI is InChI=1S/C15H17F3N2O4/c1-20-4-3-8-5-10-13(24-7-23-10)14(22-2)12(8)9(20)6-11(19-21)15(16,17)18/h5,9,21H,3-4,6-7H2,1-2H3/b19-11+/t9-/m1/s1. The quantitative estimate of drug-likeness (QED) is 0.518. The van der Waals surface area contributed by atoms with Crippen LogP contribution in [0.1, 0.15) is 23.6 Å². The summed E-state index contributed by atoms with van der Waals surface area (Å²) in [6, 6.07) is 1.13. The summed E-state index contributed by atoms with van der Waals surface area (Å²) >= 11 is 0. The molecular weight excluding hydrogens is 329 g/mol. The van der Waals surface area contributed by atoms with Crippen molar-refractivity contribution in [1.82, 2.24) is 4.90 Å². The van der Waals surface area contributed by atoms with E-state index in [1.54, 1.807) is 18.0 Å². The van der Waals surface area contributed by atoms with E-state index < -0.39 is 24.4 Å². The number of methoxy groups -OCH3 is 1. The van der Waals surface area contributed by atoms with Crippen LogP contribution in [0, 0.1) is 0 Å². The minimum Gasteiger partial charge on any atom is -0.492 e. The molecule has 132 valence electrons. The number of rotatable bonds is 3. The molecule has 3 rings (SSSR count). The predicted octanol–water partition coefficient (Wildman–Crippen LogP) is 2.74. The van der Waals surface area contributed by atoms with Gasteiger partial charge in [0.2, 0.25) is 12.5 Å². The molecule has 1 atom stereocenters. The van der Waals surface area contributed by atoms with Gasteiger partial charge in [-0.25, -0.2) is 0 Å². The summed E-state index contributed by atoms with van der Waals surface area (Å²) in [4.78, 5) is 1.78. The van der Waals surface area contributed by atoms with Crippen molar-refractivity contribution in [2.45, 2.75) is 25.1 Å². The molecule has 0 fully saturated rings. The average Bonchev–Trinajstić information content (AvgIpc) is 2.98. The maximum atomic E-state index is 13.0. The van der Waals surface area contributed by atoms with E-state index in [9.17, 15) is 13.2 Å². The Balaban J connectivity index is 2.07. The van der Waals surface area contributed by atoms with Crippen LogP contribution < -0.4 is 14.2 Å². The molecule has 0 saturated carbocycles. The number of benzene rings is 1. The molecule has 1 N–H and O–H groups in total. The number of fused-ring (bicyclic) bond motifs is 2. The van der Waals surface area contributed by atoms with Crippen molar-refractivity contribution in [3.8, 4) is 17.2 Å². The molecule has 0 radical (unpaired) electrons. The lowest BCUT2D eigenvalue weighted by atomic mass is 9.88. The molecule has 0 saturated heterocycles. The molecule has 2 aliphatic heterocycles. The largest absolute Gasteiger partial charge is 0.492 e. The molecule has 2 aliphatic rings. The Bertz CT molecular complexity index is 676. The van der Waals surface area contributed by atoms with Crippen molar-refractivity contribution in [3.05, 3.63) is 17.2 Å². The number of alkyl halides is 3. The summed E-state index contributed by atoms with van der Waals surface area (Å²) in [7, 11) is 3.16. The number of hydrogen-bond donors (Lipinski definition) is 1. The topological polar surface area (TPSA) is 63.5 Å². The Morgan fingerprint density at radius 1 is 1.46 bits per heavy atom. The summed E-state index contributed by atoms with van der Waals surface area (Å²) < 4.78 is 55.2. The van der Waals surface area contributed by atoms with E-state index in [0.29, 0.717) is 35.8 Å². The average molecular weight is 346 g/mol. The second kappa shape index (κ2) is 6.04. The van der Waals surface area contributed by atoms with Crippen LogP contribution in [0.15, 0.2) is 11.2 Å². The fourth-order valence-corrected chi connectivity index (χ4v) is 3.18. The van der Waals surface area contributed by atoms with Gasteiger partial charge < -0.3 is 19.4 Å².